The fourth-order valence-electron chi connectivity index (χ4n) is 1.84. The maximum atomic E-state index is 13.8. The minimum Gasteiger partial charge on any atom is -0.481 e. The van der Waals surface area contributed by atoms with Gasteiger partial charge in [0.25, 0.3) is 0 Å². The lowest BCUT2D eigenvalue weighted by molar-refractivity contribution is -0.137. The molecular weight excluding hydrogens is 273 g/mol. The monoisotopic (exact) mass is 287 g/mol. The molecule has 1 unspecified atom stereocenters. The molecule has 19 heavy (non-hydrogen) atoms. The van der Waals surface area contributed by atoms with Crippen molar-refractivity contribution in [2.45, 2.75) is 35.4 Å². The van der Waals surface area contributed by atoms with E-state index in [0.29, 0.717) is 12.8 Å². The molecule has 1 aromatic rings. The van der Waals surface area contributed by atoms with Crippen molar-refractivity contribution in [2.75, 3.05) is 0 Å². The zero-order chi connectivity index (χ0) is 14.2. The second-order valence-electron chi connectivity index (χ2n) is 4.64. The molecule has 0 saturated heterocycles. The molecule has 0 aliphatic heterocycles. The van der Waals surface area contributed by atoms with Crippen LogP contribution in [0.1, 0.15) is 30.9 Å². The van der Waals surface area contributed by atoms with Crippen LogP contribution in [0, 0.1) is 5.82 Å². The first-order valence-corrected chi connectivity index (χ1v) is 7.37. The molecule has 0 amide bonds. The molecule has 104 valence electrons. The number of aliphatic carboxylic acids is 1. The Hall–Kier alpha value is -1.47. The van der Waals surface area contributed by atoms with Gasteiger partial charge in [-0.1, -0.05) is 6.07 Å². The van der Waals surface area contributed by atoms with Crippen molar-refractivity contribution in [1.82, 2.24) is 0 Å². The van der Waals surface area contributed by atoms with Crippen molar-refractivity contribution in [3.63, 3.8) is 0 Å². The van der Waals surface area contributed by atoms with E-state index >= 15 is 0 Å². The van der Waals surface area contributed by atoms with Crippen molar-refractivity contribution >= 4 is 15.8 Å². The second-order valence-corrected chi connectivity index (χ2v) is 6.84. The topological polar surface area (TPSA) is 97.5 Å². The smallest absolute Gasteiger partial charge is 0.305 e. The molecule has 1 aliphatic rings. The van der Waals surface area contributed by atoms with Gasteiger partial charge in [-0.15, -0.1) is 0 Å². The maximum absolute atomic E-state index is 13.8. The summed E-state index contributed by atoms with van der Waals surface area (Å²) < 4.78 is 37.7. The van der Waals surface area contributed by atoms with Crippen molar-refractivity contribution in [2.24, 2.45) is 5.73 Å². The summed E-state index contributed by atoms with van der Waals surface area (Å²) in [5.41, 5.74) is 5.87. The van der Waals surface area contributed by atoms with Gasteiger partial charge >= 0.3 is 5.97 Å². The van der Waals surface area contributed by atoms with E-state index in [-0.39, 0.29) is 16.9 Å². The molecule has 0 spiro atoms. The lowest BCUT2D eigenvalue weighted by Gasteiger charge is -2.11. The predicted octanol–water partition coefficient (Wildman–Crippen LogP) is 1.24. The molecule has 1 aliphatic carbocycles. The molecule has 7 heteroatoms. The number of benzene rings is 1. The fourth-order valence-corrected chi connectivity index (χ4v) is 3.55. The van der Waals surface area contributed by atoms with Gasteiger partial charge in [0.05, 0.1) is 11.7 Å². The summed E-state index contributed by atoms with van der Waals surface area (Å²) in [5, 5.41) is 8.12. The Labute approximate surface area is 110 Å². The molecule has 0 aromatic heterocycles. The van der Waals surface area contributed by atoms with Crippen molar-refractivity contribution in [3.8, 4) is 0 Å². The SMILES string of the molecule is NC(CC(=O)O)c1ccc(S(=O)(=O)C2CC2)c(F)c1. The Morgan fingerprint density at radius 1 is 1.47 bits per heavy atom. The van der Waals surface area contributed by atoms with E-state index in [1.807, 2.05) is 0 Å². The van der Waals surface area contributed by atoms with Crippen LogP contribution in [0.15, 0.2) is 23.1 Å². The van der Waals surface area contributed by atoms with Crippen molar-refractivity contribution < 1.29 is 22.7 Å². The Morgan fingerprint density at radius 3 is 2.58 bits per heavy atom. The molecule has 1 aromatic carbocycles. The Morgan fingerprint density at radius 2 is 2.11 bits per heavy atom. The molecule has 5 nitrogen and oxygen atoms in total. The van der Waals surface area contributed by atoms with Crippen LogP contribution < -0.4 is 5.73 Å². The molecular formula is C12H14FNO4S. The number of rotatable bonds is 5. The summed E-state index contributed by atoms with van der Waals surface area (Å²) in [5.74, 6) is -1.96. The van der Waals surface area contributed by atoms with Crippen LogP contribution in [-0.4, -0.2) is 24.7 Å². The highest BCUT2D eigenvalue weighted by Crippen LogP contribution is 2.35. The van der Waals surface area contributed by atoms with Crippen LogP contribution in [0.25, 0.3) is 0 Å². The average molecular weight is 287 g/mol. The normalized spacial score (nSPS) is 17.2. The molecule has 2 rings (SSSR count). The van der Waals surface area contributed by atoms with Gasteiger partial charge in [0, 0.05) is 6.04 Å². The third-order valence-electron chi connectivity index (χ3n) is 3.05. The molecule has 0 radical (unpaired) electrons. The fraction of sp³-hybridized carbons (Fsp3) is 0.417. The first-order valence-electron chi connectivity index (χ1n) is 5.83. The highest BCUT2D eigenvalue weighted by Gasteiger charge is 2.38. The zero-order valence-electron chi connectivity index (χ0n) is 10.0. The highest BCUT2D eigenvalue weighted by atomic mass is 32.2. The standard InChI is InChI=1S/C12H14FNO4S/c13-9-5-7(10(14)6-12(15)16)1-4-11(9)19(17,18)8-2-3-8/h1,4-5,8,10H,2-3,6,14H2,(H,15,16). The minimum absolute atomic E-state index is 0.273. The lowest BCUT2D eigenvalue weighted by atomic mass is 10.1. The minimum atomic E-state index is -3.59. The molecule has 3 N–H and O–H groups in total. The van der Waals surface area contributed by atoms with Crippen LogP contribution in [0.2, 0.25) is 0 Å². The van der Waals surface area contributed by atoms with Crippen LogP contribution in [0.4, 0.5) is 4.39 Å². The van der Waals surface area contributed by atoms with Gasteiger partial charge in [0.2, 0.25) is 0 Å². The number of halogens is 1. The molecule has 0 bridgehead atoms. The number of carbonyl (C=O) groups is 1. The van der Waals surface area contributed by atoms with Gasteiger partial charge in [-0.3, -0.25) is 4.79 Å². The van der Waals surface area contributed by atoms with E-state index in [9.17, 15) is 17.6 Å². The van der Waals surface area contributed by atoms with E-state index in [0.717, 1.165) is 6.07 Å². The van der Waals surface area contributed by atoms with Gasteiger partial charge < -0.3 is 10.8 Å². The number of hydrogen-bond acceptors (Lipinski definition) is 4. The lowest BCUT2D eigenvalue weighted by Crippen LogP contribution is -2.16. The van der Waals surface area contributed by atoms with Crippen LogP contribution in [0.5, 0.6) is 0 Å². The van der Waals surface area contributed by atoms with Crippen LogP contribution in [-0.2, 0) is 14.6 Å². The predicted molar refractivity (Wildman–Crippen MR) is 65.8 cm³/mol. The van der Waals surface area contributed by atoms with Gasteiger partial charge in [-0.25, -0.2) is 12.8 Å². The van der Waals surface area contributed by atoms with Gasteiger partial charge in [-0.05, 0) is 30.5 Å². The van der Waals surface area contributed by atoms with Crippen LogP contribution >= 0.6 is 0 Å². The van der Waals surface area contributed by atoms with Gasteiger partial charge in [-0.2, -0.15) is 0 Å². The summed E-state index contributed by atoms with van der Waals surface area (Å²) in [6.07, 6.45) is 0.776. The zero-order valence-corrected chi connectivity index (χ0v) is 10.9. The molecule has 1 atom stereocenters. The summed E-state index contributed by atoms with van der Waals surface area (Å²) in [7, 11) is -3.59. The quantitative estimate of drug-likeness (QED) is 0.849. The highest BCUT2D eigenvalue weighted by molar-refractivity contribution is 7.92. The number of nitrogens with two attached hydrogens (primary N) is 1. The van der Waals surface area contributed by atoms with Gasteiger partial charge in [0.1, 0.15) is 10.7 Å². The van der Waals surface area contributed by atoms with Crippen LogP contribution in [0.3, 0.4) is 0 Å². The van der Waals surface area contributed by atoms with E-state index in [1.54, 1.807) is 0 Å². The number of carboxylic acid groups (broad SMARTS) is 1. The molecule has 1 saturated carbocycles. The average Bonchev–Trinajstić information content (AvgIpc) is 3.11. The molecule has 0 heterocycles. The summed E-state index contributed by atoms with van der Waals surface area (Å²) in [6, 6.07) is 2.68. The number of carboxylic acids is 1. The Bertz CT molecular complexity index is 610. The van der Waals surface area contributed by atoms with E-state index in [2.05, 4.69) is 0 Å². The van der Waals surface area contributed by atoms with Crippen molar-refractivity contribution in [3.05, 3.63) is 29.6 Å². The first-order chi connectivity index (χ1) is 8.82. The second kappa shape index (κ2) is 4.90. The third kappa shape index (κ3) is 2.93. The summed E-state index contributed by atoms with van der Waals surface area (Å²) in [6.45, 7) is 0. The summed E-state index contributed by atoms with van der Waals surface area (Å²) >= 11 is 0. The van der Waals surface area contributed by atoms with E-state index < -0.39 is 32.9 Å². The third-order valence-corrected chi connectivity index (χ3v) is 5.34. The Kier molecular flexibility index (Phi) is 3.60. The van der Waals surface area contributed by atoms with E-state index in [4.69, 9.17) is 10.8 Å². The van der Waals surface area contributed by atoms with E-state index in [1.165, 1.54) is 12.1 Å². The number of hydrogen-bond donors (Lipinski definition) is 2. The maximum Gasteiger partial charge on any atom is 0.305 e. The summed E-state index contributed by atoms with van der Waals surface area (Å²) in [4.78, 5) is 10.2. The first kappa shape index (κ1) is 14.0. The largest absolute Gasteiger partial charge is 0.481 e. The molecule has 1 fully saturated rings. The van der Waals surface area contributed by atoms with Gasteiger partial charge in [0.15, 0.2) is 9.84 Å². The van der Waals surface area contributed by atoms with Crippen molar-refractivity contribution in [1.29, 1.82) is 0 Å². The number of sulfone groups is 1. The Balaban J connectivity index is 2.29.